The molecule has 2 aromatic rings. The lowest BCUT2D eigenvalue weighted by Gasteiger charge is -2.32. The summed E-state index contributed by atoms with van der Waals surface area (Å²) in [5.74, 6) is 1.29. The van der Waals surface area contributed by atoms with Gasteiger partial charge >= 0.3 is 5.69 Å². The zero-order chi connectivity index (χ0) is 19.8. The first-order valence-corrected chi connectivity index (χ1v) is 10.5. The predicted molar refractivity (Wildman–Crippen MR) is 109 cm³/mol. The van der Waals surface area contributed by atoms with Crippen LogP contribution in [0.2, 0.25) is 0 Å². The summed E-state index contributed by atoms with van der Waals surface area (Å²) >= 11 is 0. The van der Waals surface area contributed by atoms with E-state index in [1.165, 1.54) is 17.5 Å². The summed E-state index contributed by atoms with van der Waals surface area (Å²) in [7, 11) is 1.75. The van der Waals surface area contributed by atoms with Crippen molar-refractivity contribution in [1.29, 1.82) is 0 Å². The number of aryl methyl sites for hydroxylation is 3. The molecule has 6 nitrogen and oxygen atoms in total. The Morgan fingerprint density at radius 2 is 1.61 bits per heavy atom. The topological polar surface area (TPSA) is 60.1 Å². The zero-order valence-corrected chi connectivity index (χ0v) is 17.1. The Morgan fingerprint density at radius 1 is 1.00 bits per heavy atom. The molecule has 2 fully saturated rings. The number of carbonyl (C=O) groups is 1. The fourth-order valence-electron chi connectivity index (χ4n) is 4.90. The zero-order valence-electron chi connectivity index (χ0n) is 17.1. The minimum atomic E-state index is 0.00985. The quantitative estimate of drug-likeness (QED) is 0.818. The molecule has 1 aliphatic heterocycles. The molecule has 1 saturated heterocycles. The molecule has 1 saturated carbocycles. The summed E-state index contributed by atoms with van der Waals surface area (Å²) in [6.45, 7) is 5.48. The maximum Gasteiger partial charge on any atom is 0.345 e. The Kier molecular flexibility index (Phi) is 5.13. The van der Waals surface area contributed by atoms with Crippen molar-refractivity contribution >= 4 is 5.91 Å². The number of hydrogen-bond acceptors (Lipinski definition) is 3. The summed E-state index contributed by atoms with van der Waals surface area (Å²) in [5, 5.41) is 4.59. The summed E-state index contributed by atoms with van der Waals surface area (Å²) < 4.78 is 3.44. The lowest BCUT2D eigenvalue weighted by molar-refractivity contribution is 0.0709. The third-order valence-electron chi connectivity index (χ3n) is 6.29. The van der Waals surface area contributed by atoms with Crippen LogP contribution in [-0.4, -0.2) is 38.2 Å². The number of rotatable bonds is 3. The van der Waals surface area contributed by atoms with Gasteiger partial charge in [0.1, 0.15) is 5.82 Å². The highest BCUT2D eigenvalue weighted by Crippen LogP contribution is 2.33. The second-order valence-corrected chi connectivity index (χ2v) is 8.52. The van der Waals surface area contributed by atoms with E-state index in [1.807, 2.05) is 35.4 Å². The first-order chi connectivity index (χ1) is 13.4. The third-order valence-corrected chi connectivity index (χ3v) is 6.29. The summed E-state index contributed by atoms with van der Waals surface area (Å²) in [5.41, 5.74) is 3.02. The molecule has 2 heterocycles. The van der Waals surface area contributed by atoms with E-state index in [2.05, 4.69) is 11.2 Å². The average Bonchev–Trinajstić information content (AvgIpc) is 3.29. The Morgan fingerprint density at radius 3 is 2.21 bits per heavy atom. The monoisotopic (exact) mass is 382 g/mol. The molecule has 0 spiro atoms. The van der Waals surface area contributed by atoms with Crippen molar-refractivity contribution in [2.24, 2.45) is 7.05 Å². The molecule has 4 rings (SSSR count). The lowest BCUT2D eigenvalue weighted by atomic mass is 9.94. The van der Waals surface area contributed by atoms with E-state index < -0.39 is 0 Å². The molecule has 0 N–H and O–H groups in total. The van der Waals surface area contributed by atoms with E-state index in [-0.39, 0.29) is 17.5 Å². The number of nitrogens with zero attached hydrogens (tertiary/aromatic N) is 4. The number of benzene rings is 1. The smallest absolute Gasteiger partial charge is 0.339 e. The van der Waals surface area contributed by atoms with E-state index in [9.17, 15) is 9.59 Å². The summed E-state index contributed by atoms with van der Waals surface area (Å²) in [6, 6.07) is 6.33. The largest absolute Gasteiger partial charge is 0.345 e. The second kappa shape index (κ2) is 7.57. The summed E-state index contributed by atoms with van der Waals surface area (Å²) in [4.78, 5) is 27.5. The maximum absolute atomic E-state index is 12.9. The lowest BCUT2D eigenvalue weighted by Crippen LogP contribution is -2.39. The van der Waals surface area contributed by atoms with Crippen LogP contribution in [0.1, 0.15) is 77.8 Å². The van der Waals surface area contributed by atoms with Gasteiger partial charge in [-0.25, -0.2) is 9.48 Å². The molecule has 1 aromatic heterocycles. The molecule has 0 bridgehead atoms. The first-order valence-electron chi connectivity index (χ1n) is 10.5. The fourth-order valence-corrected chi connectivity index (χ4v) is 4.90. The molecule has 6 heteroatoms. The van der Waals surface area contributed by atoms with Gasteiger partial charge in [-0.15, -0.1) is 0 Å². The van der Waals surface area contributed by atoms with Crippen molar-refractivity contribution in [3.63, 3.8) is 0 Å². The average molecular weight is 383 g/mol. The van der Waals surface area contributed by atoms with Crippen LogP contribution in [0, 0.1) is 13.8 Å². The van der Waals surface area contributed by atoms with Crippen LogP contribution in [0.4, 0.5) is 0 Å². The van der Waals surface area contributed by atoms with Gasteiger partial charge in [0, 0.05) is 37.7 Å². The van der Waals surface area contributed by atoms with Gasteiger partial charge < -0.3 is 4.90 Å². The summed E-state index contributed by atoms with van der Waals surface area (Å²) in [6.07, 6.45) is 6.24. The Labute approximate surface area is 166 Å². The molecule has 1 aliphatic carbocycles. The Bertz CT molecular complexity index is 908. The Hall–Kier alpha value is -2.37. The normalized spacial score (nSPS) is 18.8. The number of aromatic nitrogens is 3. The van der Waals surface area contributed by atoms with Gasteiger partial charge in [0.05, 0.1) is 0 Å². The van der Waals surface area contributed by atoms with Crippen molar-refractivity contribution in [3.8, 4) is 0 Å². The standard InChI is InChI=1S/C22H30N4O2/c1-15-12-16(2)14-18(13-15)21(27)25-10-8-17(9-11-25)20-23-24(3)22(28)26(20)19-6-4-5-7-19/h12-14,17,19H,4-11H2,1-3H3. The van der Waals surface area contributed by atoms with Crippen LogP contribution >= 0.6 is 0 Å². The third kappa shape index (κ3) is 3.52. The molecule has 28 heavy (non-hydrogen) atoms. The van der Waals surface area contributed by atoms with Gasteiger partial charge in [0.2, 0.25) is 0 Å². The van der Waals surface area contributed by atoms with Crippen LogP contribution in [0.5, 0.6) is 0 Å². The highest BCUT2D eigenvalue weighted by molar-refractivity contribution is 5.94. The van der Waals surface area contributed by atoms with E-state index >= 15 is 0 Å². The van der Waals surface area contributed by atoms with Crippen LogP contribution in [-0.2, 0) is 7.05 Å². The second-order valence-electron chi connectivity index (χ2n) is 8.52. The Balaban J connectivity index is 1.49. The number of carbonyl (C=O) groups excluding carboxylic acids is 1. The molecule has 150 valence electrons. The van der Waals surface area contributed by atoms with Crippen molar-refractivity contribution in [2.75, 3.05) is 13.1 Å². The van der Waals surface area contributed by atoms with Gasteiger partial charge in [-0.05, 0) is 51.7 Å². The van der Waals surface area contributed by atoms with Crippen LogP contribution < -0.4 is 5.69 Å². The number of amides is 1. The SMILES string of the molecule is Cc1cc(C)cc(C(=O)N2CCC(c3nn(C)c(=O)n3C3CCCC3)CC2)c1. The van der Waals surface area contributed by atoms with Crippen LogP contribution in [0.3, 0.4) is 0 Å². The minimum absolute atomic E-state index is 0.00985. The molecule has 0 unspecified atom stereocenters. The van der Waals surface area contributed by atoms with Crippen molar-refractivity contribution in [2.45, 2.75) is 64.3 Å². The fraction of sp³-hybridized carbons (Fsp3) is 0.591. The first kappa shape index (κ1) is 19.0. The molecule has 1 aromatic carbocycles. The van der Waals surface area contributed by atoms with E-state index in [4.69, 9.17) is 0 Å². The molecule has 1 amide bonds. The maximum atomic E-state index is 12.9. The van der Waals surface area contributed by atoms with E-state index in [0.29, 0.717) is 19.1 Å². The minimum Gasteiger partial charge on any atom is -0.339 e. The van der Waals surface area contributed by atoms with Gasteiger partial charge in [-0.2, -0.15) is 5.10 Å². The molecular weight excluding hydrogens is 352 g/mol. The molecule has 0 radical (unpaired) electrons. The van der Waals surface area contributed by atoms with Crippen molar-refractivity contribution < 1.29 is 4.79 Å². The number of likely N-dealkylation sites (tertiary alicyclic amines) is 1. The highest BCUT2D eigenvalue weighted by Gasteiger charge is 2.31. The van der Waals surface area contributed by atoms with Crippen LogP contribution in [0.15, 0.2) is 23.0 Å². The van der Waals surface area contributed by atoms with E-state index in [1.54, 1.807) is 7.05 Å². The number of piperidine rings is 1. The highest BCUT2D eigenvalue weighted by atomic mass is 16.2. The number of hydrogen-bond donors (Lipinski definition) is 0. The van der Waals surface area contributed by atoms with Crippen LogP contribution in [0.25, 0.3) is 0 Å². The van der Waals surface area contributed by atoms with Gasteiger partial charge in [-0.1, -0.05) is 30.0 Å². The molecule has 2 aliphatic rings. The molecular formula is C22H30N4O2. The van der Waals surface area contributed by atoms with E-state index in [0.717, 1.165) is 48.2 Å². The van der Waals surface area contributed by atoms with Gasteiger partial charge in [0.25, 0.3) is 5.91 Å². The van der Waals surface area contributed by atoms with Crippen molar-refractivity contribution in [1.82, 2.24) is 19.2 Å². The van der Waals surface area contributed by atoms with Gasteiger partial charge in [0.15, 0.2) is 0 Å². The van der Waals surface area contributed by atoms with Gasteiger partial charge in [-0.3, -0.25) is 9.36 Å². The predicted octanol–water partition coefficient (Wildman–Crippen LogP) is 3.33. The van der Waals surface area contributed by atoms with Crippen molar-refractivity contribution in [3.05, 3.63) is 51.2 Å². The molecule has 0 atom stereocenters.